The van der Waals surface area contributed by atoms with Gasteiger partial charge >= 0.3 is 0 Å². The lowest BCUT2D eigenvalue weighted by atomic mass is 10.1. The van der Waals surface area contributed by atoms with Gasteiger partial charge in [0.1, 0.15) is 0 Å². The smallest absolute Gasteiger partial charge is 0.223 e. The Morgan fingerprint density at radius 1 is 1.30 bits per heavy atom. The van der Waals surface area contributed by atoms with Crippen LogP contribution < -0.4 is 5.32 Å². The number of rotatable bonds is 7. The van der Waals surface area contributed by atoms with Gasteiger partial charge in [0.2, 0.25) is 5.91 Å². The van der Waals surface area contributed by atoms with Crippen molar-refractivity contribution in [1.29, 1.82) is 0 Å². The normalized spacial score (nSPS) is 23.6. The maximum absolute atomic E-state index is 12.5. The van der Waals surface area contributed by atoms with Crippen LogP contribution in [-0.2, 0) is 4.79 Å². The Balaban J connectivity index is 1.78. The van der Waals surface area contributed by atoms with E-state index in [0.29, 0.717) is 24.3 Å². The summed E-state index contributed by atoms with van der Waals surface area (Å²) in [4.78, 5) is 17.0. The zero-order chi connectivity index (χ0) is 14.4. The largest absolute Gasteiger partial charge is 0.341 e. The van der Waals surface area contributed by atoms with Crippen LogP contribution in [0, 0.1) is 5.92 Å². The van der Waals surface area contributed by atoms with E-state index in [2.05, 4.69) is 29.0 Å². The monoisotopic (exact) mass is 281 g/mol. The Labute approximate surface area is 123 Å². The van der Waals surface area contributed by atoms with Gasteiger partial charge in [-0.25, -0.2) is 0 Å². The molecular weight excluding hydrogens is 250 g/mol. The molecule has 0 radical (unpaired) electrons. The molecule has 0 aromatic rings. The summed E-state index contributed by atoms with van der Waals surface area (Å²) in [6.07, 6.45) is 5.77. The van der Waals surface area contributed by atoms with E-state index in [9.17, 15) is 4.79 Å². The number of hydrogen-bond acceptors (Lipinski definition) is 3. The molecule has 0 aromatic heterocycles. The molecule has 2 heterocycles. The molecule has 116 valence electrons. The summed E-state index contributed by atoms with van der Waals surface area (Å²) in [6, 6.07) is 0.518. The van der Waals surface area contributed by atoms with Gasteiger partial charge in [-0.05, 0) is 51.2 Å². The molecule has 2 saturated heterocycles. The van der Waals surface area contributed by atoms with Crippen molar-refractivity contribution >= 4 is 5.91 Å². The predicted octanol–water partition coefficient (Wildman–Crippen LogP) is 1.71. The highest BCUT2D eigenvalue weighted by Crippen LogP contribution is 2.12. The Morgan fingerprint density at radius 2 is 2.05 bits per heavy atom. The molecular formula is C16H31N3O. The average molecular weight is 281 g/mol. The summed E-state index contributed by atoms with van der Waals surface area (Å²) >= 11 is 0. The van der Waals surface area contributed by atoms with E-state index in [1.54, 1.807) is 0 Å². The summed E-state index contributed by atoms with van der Waals surface area (Å²) in [7, 11) is 0. The molecule has 4 heteroatoms. The average Bonchev–Trinajstić information content (AvgIpc) is 3.07. The number of nitrogens with zero attached hydrogens (tertiary/aromatic N) is 2. The van der Waals surface area contributed by atoms with Crippen molar-refractivity contribution < 1.29 is 4.79 Å². The molecule has 1 N–H and O–H groups in total. The van der Waals surface area contributed by atoms with E-state index in [1.807, 2.05) is 0 Å². The third kappa shape index (κ3) is 5.06. The number of hydrogen-bond donors (Lipinski definition) is 1. The fourth-order valence-corrected chi connectivity index (χ4v) is 3.32. The summed E-state index contributed by atoms with van der Waals surface area (Å²) < 4.78 is 0. The number of nitrogens with one attached hydrogen (secondary N) is 1. The summed E-state index contributed by atoms with van der Waals surface area (Å²) in [5, 5.41) is 3.51. The van der Waals surface area contributed by atoms with Crippen LogP contribution in [-0.4, -0.2) is 61.0 Å². The Morgan fingerprint density at radius 3 is 2.65 bits per heavy atom. The Kier molecular flexibility index (Phi) is 6.30. The molecule has 0 bridgehead atoms. The topological polar surface area (TPSA) is 35.6 Å². The molecule has 1 amide bonds. The van der Waals surface area contributed by atoms with Crippen molar-refractivity contribution in [1.82, 2.24) is 15.1 Å². The van der Waals surface area contributed by atoms with E-state index in [-0.39, 0.29) is 0 Å². The Hall–Kier alpha value is -0.610. The third-order valence-corrected chi connectivity index (χ3v) is 4.38. The molecule has 4 nitrogen and oxygen atoms in total. The van der Waals surface area contributed by atoms with Gasteiger partial charge < -0.3 is 15.1 Å². The van der Waals surface area contributed by atoms with Crippen molar-refractivity contribution in [3.05, 3.63) is 0 Å². The standard InChI is InChI=1S/C16H31N3O/c1-14(2)12-19(13-15-6-5-8-17-15)16(20)7-11-18-9-3-4-10-18/h14-15,17H,3-13H2,1-2H3. The van der Waals surface area contributed by atoms with Crippen molar-refractivity contribution in [2.75, 3.05) is 39.3 Å². The highest BCUT2D eigenvalue weighted by molar-refractivity contribution is 5.76. The van der Waals surface area contributed by atoms with Gasteiger partial charge in [0.05, 0.1) is 0 Å². The SMILES string of the molecule is CC(C)CN(CC1CCCN1)C(=O)CCN1CCCC1. The van der Waals surface area contributed by atoms with Crippen LogP contribution in [0.15, 0.2) is 0 Å². The first kappa shape index (κ1) is 15.8. The van der Waals surface area contributed by atoms with Gasteiger partial charge in [-0.15, -0.1) is 0 Å². The number of carbonyl (C=O) groups excluding carboxylic acids is 1. The lowest BCUT2D eigenvalue weighted by molar-refractivity contribution is -0.132. The first-order chi connectivity index (χ1) is 9.65. The number of amides is 1. The van der Waals surface area contributed by atoms with Crippen LogP contribution in [0.4, 0.5) is 0 Å². The predicted molar refractivity (Wildman–Crippen MR) is 82.7 cm³/mol. The minimum atomic E-state index is 0.347. The van der Waals surface area contributed by atoms with Crippen molar-refractivity contribution in [2.45, 2.75) is 52.0 Å². The van der Waals surface area contributed by atoms with Crippen molar-refractivity contribution in [3.8, 4) is 0 Å². The van der Waals surface area contributed by atoms with Crippen molar-refractivity contribution in [3.63, 3.8) is 0 Å². The highest BCUT2D eigenvalue weighted by atomic mass is 16.2. The van der Waals surface area contributed by atoms with Crippen LogP contribution in [0.5, 0.6) is 0 Å². The van der Waals surface area contributed by atoms with Gasteiger partial charge in [0, 0.05) is 32.1 Å². The van der Waals surface area contributed by atoms with Gasteiger partial charge in [0.15, 0.2) is 0 Å². The molecule has 0 spiro atoms. The zero-order valence-electron chi connectivity index (χ0n) is 13.2. The first-order valence-corrected chi connectivity index (χ1v) is 8.38. The molecule has 0 aliphatic carbocycles. The second kappa shape index (κ2) is 7.99. The van der Waals surface area contributed by atoms with Crippen LogP contribution in [0.3, 0.4) is 0 Å². The van der Waals surface area contributed by atoms with E-state index in [0.717, 1.165) is 26.2 Å². The number of likely N-dealkylation sites (tertiary alicyclic amines) is 1. The lowest BCUT2D eigenvalue weighted by Gasteiger charge is -2.28. The second-order valence-electron chi connectivity index (χ2n) is 6.78. The minimum Gasteiger partial charge on any atom is -0.341 e. The number of carbonyl (C=O) groups is 1. The maximum Gasteiger partial charge on any atom is 0.223 e. The molecule has 2 rings (SSSR count). The summed E-state index contributed by atoms with van der Waals surface area (Å²) in [6.45, 7) is 10.6. The third-order valence-electron chi connectivity index (χ3n) is 4.38. The molecule has 0 saturated carbocycles. The van der Waals surface area contributed by atoms with Crippen LogP contribution in [0.1, 0.15) is 46.0 Å². The van der Waals surface area contributed by atoms with Crippen molar-refractivity contribution in [2.24, 2.45) is 5.92 Å². The van der Waals surface area contributed by atoms with Gasteiger partial charge in [-0.3, -0.25) is 4.79 Å². The molecule has 2 aliphatic rings. The maximum atomic E-state index is 12.5. The molecule has 2 fully saturated rings. The molecule has 2 aliphatic heterocycles. The van der Waals surface area contributed by atoms with Crippen LogP contribution in [0.25, 0.3) is 0 Å². The molecule has 20 heavy (non-hydrogen) atoms. The van der Waals surface area contributed by atoms with Crippen LogP contribution >= 0.6 is 0 Å². The first-order valence-electron chi connectivity index (χ1n) is 8.38. The Bertz CT molecular complexity index is 294. The summed E-state index contributed by atoms with van der Waals surface area (Å²) in [5.74, 6) is 0.895. The van der Waals surface area contributed by atoms with E-state index >= 15 is 0 Å². The second-order valence-corrected chi connectivity index (χ2v) is 6.78. The summed E-state index contributed by atoms with van der Waals surface area (Å²) in [5.41, 5.74) is 0. The minimum absolute atomic E-state index is 0.347. The lowest BCUT2D eigenvalue weighted by Crippen LogP contribution is -2.43. The van der Waals surface area contributed by atoms with E-state index < -0.39 is 0 Å². The van der Waals surface area contributed by atoms with E-state index in [1.165, 1.54) is 38.8 Å². The van der Waals surface area contributed by atoms with Gasteiger partial charge in [-0.1, -0.05) is 13.8 Å². The fourth-order valence-electron chi connectivity index (χ4n) is 3.32. The van der Waals surface area contributed by atoms with Crippen LogP contribution in [0.2, 0.25) is 0 Å². The quantitative estimate of drug-likeness (QED) is 0.771. The fraction of sp³-hybridized carbons (Fsp3) is 0.938. The van der Waals surface area contributed by atoms with E-state index in [4.69, 9.17) is 0 Å². The highest BCUT2D eigenvalue weighted by Gasteiger charge is 2.22. The molecule has 1 unspecified atom stereocenters. The zero-order valence-corrected chi connectivity index (χ0v) is 13.2. The van der Waals surface area contributed by atoms with Gasteiger partial charge in [0.25, 0.3) is 0 Å². The molecule has 0 aromatic carbocycles. The molecule has 1 atom stereocenters. The van der Waals surface area contributed by atoms with Gasteiger partial charge in [-0.2, -0.15) is 0 Å².